The maximum absolute atomic E-state index is 12.2. The maximum Gasteiger partial charge on any atom is 0.405 e. The SMILES string of the molecule is CC12CC3CC(C)(C1)CC(NC(=O)NCC(F)(F)F)(C3)C2. The highest BCUT2D eigenvalue weighted by Crippen LogP contribution is 2.66. The number of carbonyl (C=O) groups is 1. The number of halogens is 3. The topological polar surface area (TPSA) is 41.1 Å². The lowest BCUT2D eigenvalue weighted by atomic mass is 9.43. The van der Waals surface area contributed by atoms with E-state index in [-0.39, 0.29) is 16.4 Å². The van der Waals surface area contributed by atoms with Gasteiger partial charge in [-0.15, -0.1) is 0 Å². The third-order valence-electron chi connectivity index (χ3n) is 5.45. The fourth-order valence-corrected chi connectivity index (χ4v) is 6.05. The number of nitrogens with one attached hydrogen (secondary N) is 2. The van der Waals surface area contributed by atoms with Crippen LogP contribution in [0.3, 0.4) is 0 Å². The molecule has 4 bridgehead atoms. The Morgan fingerprint density at radius 1 is 1.10 bits per heavy atom. The normalized spacial score (nSPS) is 44.7. The van der Waals surface area contributed by atoms with Crippen LogP contribution < -0.4 is 10.6 Å². The van der Waals surface area contributed by atoms with Gasteiger partial charge in [0.15, 0.2) is 0 Å². The third-order valence-corrected chi connectivity index (χ3v) is 5.45. The van der Waals surface area contributed by atoms with Crippen molar-refractivity contribution in [3.63, 3.8) is 0 Å². The highest BCUT2D eigenvalue weighted by Gasteiger charge is 2.60. The van der Waals surface area contributed by atoms with Crippen molar-refractivity contribution in [1.29, 1.82) is 0 Å². The Labute approximate surface area is 123 Å². The van der Waals surface area contributed by atoms with E-state index in [0.717, 1.165) is 19.3 Å². The van der Waals surface area contributed by atoms with Crippen LogP contribution in [0.2, 0.25) is 0 Å². The molecule has 4 fully saturated rings. The molecule has 3 nitrogen and oxygen atoms in total. The van der Waals surface area contributed by atoms with Crippen LogP contribution in [0, 0.1) is 16.7 Å². The Morgan fingerprint density at radius 3 is 2.14 bits per heavy atom. The molecule has 6 heteroatoms. The van der Waals surface area contributed by atoms with Crippen LogP contribution in [0.4, 0.5) is 18.0 Å². The first kappa shape index (κ1) is 15.0. The smallest absolute Gasteiger partial charge is 0.333 e. The second-order valence-electron chi connectivity index (χ2n) is 8.33. The van der Waals surface area contributed by atoms with Gasteiger partial charge < -0.3 is 10.6 Å². The number of hydrogen-bond acceptors (Lipinski definition) is 1. The molecule has 2 N–H and O–H groups in total. The van der Waals surface area contributed by atoms with Gasteiger partial charge in [0.05, 0.1) is 0 Å². The Hall–Kier alpha value is -0.940. The summed E-state index contributed by atoms with van der Waals surface area (Å²) in [6, 6.07) is -0.679. The molecular formula is C15H23F3N2O. The van der Waals surface area contributed by atoms with E-state index in [1.807, 2.05) is 5.32 Å². The van der Waals surface area contributed by atoms with Gasteiger partial charge in [0.2, 0.25) is 0 Å². The first-order chi connectivity index (χ1) is 9.51. The van der Waals surface area contributed by atoms with E-state index in [2.05, 4.69) is 19.2 Å². The summed E-state index contributed by atoms with van der Waals surface area (Å²) < 4.78 is 36.6. The summed E-state index contributed by atoms with van der Waals surface area (Å²) >= 11 is 0. The van der Waals surface area contributed by atoms with Gasteiger partial charge in [-0.05, 0) is 55.3 Å². The number of amides is 2. The van der Waals surface area contributed by atoms with Crippen LogP contribution in [0.25, 0.3) is 0 Å². The molecule has 2 atom stereocenters. The summed E-state index contributed by atoms with van der Waals surface area (Å²) in [6.45, 7) is 3.26. The van der Waals surface area contributed by atoms with Crippen LogP contribution in [-0.4, -0.2) is 24.3 Å². The standard InChI is InChI=1S/C15H23F3N2O/c1-12-3-10-4-13(2,6-12)8-14(5-10,7-12)20-11(21)19-9-15(16,17)18/h10H,3-9H2,1-2H3,(H2,19,20,21). The first-order valence-electron chi connectivity index (χ1n) is 7.63. The molecule has 0 heterocycles. The summed E-state index contributed by atoms with van der Waals surface area (Å²) in [5.74, 6) is 0.596. The molecule has 120 valence electrons. The molecule has 0 aromatic heterocycles. The summed E-state index contributed by atoms with van der Waals surface area (Å²) in [5.41, 5.74) is 0.148. The molecule has 2 amide bonds. The van der Waals surface area contributed by atoms with E-state index in [4.69, 9.17) is 0 Å². The van der Waals surface area contributed by atoms with Crippen molar-refractivity contribution in [2.45, 2.75) is 64.1 Å². The van der Waals surface area contributed by atoms with Gasteiger partial charge in [-0.1, -0.05) is 13.8 Å². The molecule has 0 saturated heterocycles. The fraction of sp³-hybridized carbons (Fsp3) is 0.933. The molecule has 21 heavy (non-hydrogen) atoms. The highest BCUT2D eigenvalue weighted by atomic mass is 19.4. The van der Waals surface area contributed by atoms with Gasteiger partial charge in [0, 0.05) is 5.54 Å². The summed E-state index contributed by atoms with van der Waals surface area (Å²) in [5, 5.41) is 4.85. The van der Waals surface area contributed by atoms with Gasteiger partial charge in [-0.2, -0.15) is 13.2 Å². The maximum atomic E-state index is 12.2. The predicted octanol–water partition coefficient (Wildman–Crippen LogP) is 3.60. The Balaban J connectivity index is 1.69. The molecule has 4 saturated carbocycles. The Kier molecular flexibility index (Phi) is 3.06. The van der Waals surface area contributed by atoms with E-state index in [1.165, 1.54) is 19.3 Å². The van der Waals surface area contributed by atoms with Crippen molar-refractivity contribution >= 4 is 6.03 Å². The number of urea groups is 1. The van der Waals surface area contributed by atoms with Gasteiger partial charge in [-0.25, -0.2) is 4.79 Å². The quantitative estimate of drug-likeness (QED) is 0.804. The van der Waals surface area contributed by atoms with Crippen molar-refractivity contribution in [3.8, 4) is 0 Å². The Bertz CT molecular complexity index is 444. The summed E-state index contributed by atoms with van der Waals surface area (Å²) in [4.78, 5) is 11.9. The minimum Gasteiger partial charge on any atom is -0.333 e. The van der Waals surface area contributed by atoms with Crippen molar-refractivity contribution in [1.82, 2.24) is 10.6 Å². The number of alkyl halides is 3. The predicted molar refractivity (Wildman–Crippen MR) is 72.7 cm³/mol. The van der Waals surface area contributed by atoms with Crippen LogP contribution >= 0.6 is 0 Å². The average molecular weight is 304 g/mol. The lowest BCUT2D eigenvalue weighted by Gasteiger charge is -2.65. The van der Waals surface area contributed by atoms with Gasteiger partial charge in [-0.3, -0.25) is 0 Å². The zero-order chi connectivity index (χ0) is 15.5. The first-order valence-corrected chi connectivity index (χ1v) is 7.63. The second-order valence-corrected chi connectivity index (χ2v) is 8.33. The summed E-state index contributed by atoms with van der Waals surface area (Å²) in [7, 11) is 0. The molecule has 4 aliphatic rings. The van der Waals surface area contributed by atoms with E-state index in [9.17, 15) is 18.0 Å². The van der Waals surface area contributed by atoms with Crippen LogP contribution in [-0.2, 0) is 0 Å². The molecule has 4 rings (SSSR count). The molecule has 0 aromatic rings. The largest absolute Gasteiger partial charge is 0.405 e. The minimum atomic E-state index is -4.36. The average Bonchev–Trinajstić information content (AvgIpc) is 2.19. The highest BCUT2D eigenvalue weighted by molar-refractivity contribution is 5.75. The van der Waals surface area contributed by atoms with Crippen molar-refractivity contribution in [3.05, 3.63) is 0 Å². The zero-order valence-corrected chi connectivity index (χ0v) is 12.6. The second kappa shape index (κ2) is 4.29. The Morgan fingerprint density at radius 2 is 1.67 bits per heavy atom. The molecule has 2 unspecified atom stereocenters. The van der Waals surface area contributed by atoms with Crippen molar-refractivity contribution < 1.29 is 18.0 Å². The van der Waals surface area contributed by atoms with Gasteiger partial charge in [0.25, 0.3) is 0 Å². The molecule has 0 radical (unpaired) electrons. The van der Waals surface area contributed by atoms with E-state index >= 15 is 0 Å². The molecular weight excluding hydrogens is 281 g/mol. The van der Waals surface area contributed by atoms with E-state index < -0.39 is 18.8 Å². The lowest BCUT2D eigenvalue weighted by molar-refractivity contribution is -0.125. The number of rotatable bonds is 2. The fourth-order valence-electron chi connectivity index (χ4n) is 6.05. The molecule has 0 spiro atoms. The lowest BCUT2D eigenvalue weighted by Crippen LogP contribution is -2.66. The van der Waals surface area contributed by atoms with Gasteiger partial charge >= 0.3 is 12.2 Å². The minimum absolute atomic E-state index is 0.228. The number of carbonyl (C=O) groups excluding carboxylic acids is 1. The van der Waals surface area contributed by atoms with E-state index in [0.29, 0.717) is 5.92 Å². The van der Waals surface area contributed by atoms with Crippen molar-refractivity contribution in [2.75, 3.05) is 6.54 Å². The molecule has 0 aliphatic heterocycles. The molecule has 4 aliphatic carbocycles. The van der Waals surface area contributed by atoms with Crippen LogP contribution in [0.1, 0.15) is 52.4 Å². The summed E-state index contributed by atoms with van der Waals surface area (Å²) in [6.07, 6.45) is 1.89. The van der Waals surface area contributed by atoms with Gasteiger partial charge in [0.1, 0.15) is 6.54 Å². The van der Waals surface area contributed by atoms with Crippen LogP contribution in [0.5, 0.6) is 0 Å². The van der Waals surface area contributed by atoms with Crippen molar-refractivity contribution in [2.24, 2.45) is 16.7 Å². The zero-order valence-electron chi connectivity index (χ0n) is 12.6. The van der Waals surface area contributed by atoms with Crippen LogP contribution in [0.15, 0.2) is 0 Å². The third kappa shape index (κ3) is 2.99. The number of hydrogen-bond donors (Lipinski definition) is 2. The van der Waals surface area contributed by atoms with E-state index in [1.54, 1.807) is 0 Å². The monoisotopic (exact) mass is 304 g/mol. The molecule has 0 aromatic carbocycles.